The summed E-state index contributed by atoms with van der Waals surface area (Å²) in [5, 5.41) is 9.43. The molecule has 0 saturated carbocycles. The molecule has 1 unspecified atom stereocenters. The maximum absolute atomic E-state index is 11.3. The van der Waals surface area contributed by atoms with Gasteiger partial charge < -0.3 is 5.11 Å². The van der Waals surface area contributed by atoms with Gasteiger partial charge in [0.25, 0.3) is 0 Å². The summed E-state index contributed by atoms with van der Waals surface area (Å²) in [7, 11) is -3.37. The van der Waals surface area contributed by atoms with Crippen molar-refractivity contribution in [2.75, 3.05) is 9.38 Å². The van der Waals surface area contributed by atoms with Crippen molar-refractivity contribution in [3.8, 4) is 0 Å². The van der Waals surface area contributed by atoms with Crippen molar-refractivity contribution < 1.29 is 13.5 Å². The molecule has 0 aliphatic carbocycles. The van der Waals surface area contributed by atoms with Crippen molar-refractivity contribution in [1.82, 2.24) is 0 Å². The summed E-state index contributed by atoms with van der Waals surface area (Å²) < 4.78 is 24.8. The normalized spacial score (nSPS) is 13.5. The quantitative estimate of drug-likeness (QED) is 0.833. The van der Waals surface area contributed by atoms with Crippen molar-refractivity contribution in [1.29, 1.82) is 0 Å². The van der Waals surface area contributed by atoms with E-state index in [4.69, 9.17) is 0 Å². The largest absolute Gasteiger partial charge is 0.389 e. The molecule has 0 saturated heterocycles. The zero-order valence-electron chi connectivity index (χ0n) is 8.14. The van der Waals surface area contributed by atoms with Crippen molar-refractivity contribution in [2.24, 2.45) is 0 Å². The van der Waals surface area contributed by atoms with Gasteiger partial charge in [0.2, 0.25) is 10.0 Å². The van der Waals surface area contributed by atoms with Crippen LogP contribution in [0, 0.1) is 0 Å². The zero-order chi connectivity index (χ0) is 11.5. The van der Waals surface area contributed by atoms with Gasteiger partial charge in [-0.3, -0.25) is 4.72 Å². The number of hydrogen-bond acceptors (Lipinski definition) is 3. The monoisotopic (exact) mass is 293 g/mol. The molecule has 4 nitrogen and oxygen atoms in total. The van der Waals surface area contributed by atoms with E-state index in [0.29, 0.717) is 11.3 Å². The summed E-state index contributed by atoms with van der Waals surface area (Å²) in [4.78, 5) is 0. The number of aliphatic hydroxyl groups is 1. The minimum atomic E-state index is -3.37. The van der Waals surface area contributed by atoms with E-state index < -0.39 is 16.1 Å². The predicted octanol–water partition coefficient (Wildman–Crippen LogP) is 1.83. The summed E-state index contributed by atoms with van der Waals surface area (Å²) in [5.74, 6) is 0. The molecule has 2 N–H and O–H groups in total. The lowest BCUT2D eigenvalue weighted by atomic mass is 10.1. The lowest BCUT2D eigenvalue weighted by Gasteiger charge is -2.12. The minimum absolute atomic E-state index is 0.172. The van der Waals surface area contributed by atoms with Gasteiger partial charge in [0.05, 0.1) is 11.8 Å². The lowest BCUT2D eigenvalue weighted by molar-refractivity contribution is 0.200. The molecule has 0 radical (unpaired) electrons. The van der Waals surface area contributed by atoms with Crippen LogP contribution in [-0.2, 0) is 10.0 Å². The Hall–Kier alpha value is -0.590. The fourth-order valence-corrected chi connectivity index (χ4v) is 2.07. The van der Waals surface area contributed by atoms with Gasteiger partial charge in [-0.2, -0.15) is 0 Å². The van der Waals surface area contributed by atoms with Gasteiger partial charge in [-0.15, -0.1) is 0 Å². The summed E-state index contributed by atoms with van der Waals surface area (Å²) in [6.45, 7) is 1.58. The molecule has 1 aromatic carbocycles. The highest BCUT2D eigenvalue weighted by Gasteiger charge is 2.12. The number of hydrogen-bond donors (Lipinski definition) is 2. The molecule has 0 amide bonds. The molecule has 1 rings (SSSR count). The van der Waals surface area contributed by atoms with Crippen LogP contribution < -0.4 is 4.72 Å². The summed E-state index contributed by atoms with van der Waals surface area (Å²) in [6, 6.07) is 6.74. The molecule has 1 aromatic rings. The molecule has 0 aromatic heterocycles. The number of aliphatic hydroxyl groups excluding tert-OH is 1. The first kappa shape index (κ1) is 12.5. The number of benzene rings is 1. The van der Waals surface area contributed by atoms with Crippen molar-refractivity contribution in [2.45, 2.75) is 13.0 Å². The third-order valence-electron chi connectivity index (χ3n) is 1.82. The summed E-state index contributed by atoms with van der Waals surface area (Å²) in [6.07, 6.45) is -0.709. The minimum Gasteiger partial charge on any atom is -0.389 e. The Morgan fingerprint density at radius 2 is 2.07 bits per heavy atom. The Balaban J connectivity index is 3.05. The first-order valence-corrected chi connectivity index (χ1v) is 7.07. The molecule has 0 spiro atoms. The zero-order valence-corrected chi connectivity index (χ0v) is 10.5. The number of rotatable bonds is 4. The fourth-order valence-electron chi connectivity index (χ4n) is 1.15. The van der Waals surface area contributed by atoms with Crippen LogP contribution in [0.5, 0.6) is 0 Å². The maximum atomic E-state index is 11.3. The standard InChI is InChI=1S/C9H12BrNO3S/c1-7(12)8-4-2-3-5-9(8)11-15(13,14)6-10/h2-5,7,11-12H,6H2,1H3. The third kappa shape index (κ3) is 3.48. The average molecular weight is 294 g/mol. The molecule has 0 aliphatic rings. The highest BCUT2D eigenvalue weighted by molar-refractivity contribution is 9.10. The number of para-hydroxylation sites is 1. The molecule has 0 bridgehead atoms. The summed E-state index contributed by atoms with van der Waals surface area (Å²) >= 11 is 2.88. The highest BCUT2D eigenvalue weighted by atomic mass is 79.9. The molecule has 6 heteroatoms. The number of sulfonamides is 1. The second kappa shape index (κ2) is 4.96. The maximum Gasteiger partial charge on any atom is 0.242 e. The van der Waals surface area contributed by atoms with E-state index in [1.54, 1.807) is 31.2 Å². The topological polar surface area (TPSA) is 66.4 Å². The molecule has 15 heavy (non-hydrogen) atoms. The van der Waals surface area contributed by atoms with Crippen LogP contribution in [0.4, 0.5) is 5.69 Å². The van der Waals surface area contributed by atoms with Gasteiger partial charge >= 0.3 is 0 Å². The van der Waals surface area contributed by atoms with E-state index in [1.807, 2.05) is 0 Å². The van der Waals surface area contributed by atoms with E-state index in [9.17, 15) is 13.5 Å². The Morgan fingerprint density at radius 3 is 2.60 bits per heavy atom. The van der Waals surface area contributed by atoms with Crippen molar-refractivity contribution >= 4 is 31.6 Å². The Morgan fingerprint density at radius 1 is 1.47 bits per heavy atom. The average Bonchev–Trinajstić information content (AvgIpc) is 2.18. The number of nitrogens with one attached hydrogen (secondary N) is 1. The predicted molar refractivity (Wildman–Crippen MR) is 63.4 cm³/mol. The first-order valence-electron chi connectivity index (χ1n) is 4.29. The van der Waals surface area contributed by atoms with Crippen LogP contribution in [0.3, 0.4) is 0 Å². The van der Waals surface area contributed by atoms with E-state index in [0.717, 1.165) is 0 Å². The van der Waals surface area contributed by atoms with E-state index >= 15 is 0 Å². The SMILES string of the molecule is CC(O)c1ccccc1NS(=O)(=O)CBr. The lowest BCUT2D eigenvalue weighted by Crippen LogP contribution is -2.15. The second-order valence-electron chi connectivity index (χ2n) is 3.09. The smallest absolute Gasteiger partial charge is 0.242 e. The third-order valence-corrected chi connectivity index (χ3v) is 4.45. The molecule has 84 valence electrons. The number of anilines is 1. The first-order chi connectivity index (χ1) is 6.96. The number of alkyl halides is 1. The Bertz CT molecular complexity index is 431. The van der Waals surface area contributed by atoms with Crippen LogP contribution in [-0.4, -0.2) is 18.2 Å². The van der Waals surface area contributed by atoms with Crippen molar-refractivity contribution in [3.63, 3.8) is 0 Å². The van der Waals surface area contributed by atoms with Gasteiger partial charge in [0.1, 0.15) is 4.66 Å². The van der Waals surface area contributed by atoms with E-state index in [2.05, 4.69) is 20.7 Å². The van der Waals surface area contributed by atoms with E-state index in [-0.39, 0.29) is 4.66 Å². The molecule has 0 fully saturated rings. The van der Waals surface area contributed by atoms with Gasteiger partial charge in [0.15, 0.2) is 0 Å². The van der Waals surface area contributed by atoms with Crippen LogP contribution in [0.2, 0.25) is 0 Å². The molecule has 0 aliphatic heterocycles. The molecular weight excluding hydrogens is 282 g/mol. The van der Waals surface area contributed by atoms with E-state index in [1.165, 1.54) is 0 Å². The van der Waals surface area contributed by atoms with Crippen LogP contribution in [0.15, 0.2) is 24.3 Å². The fraction of sp³-hybridized carbons (Fsp3) is 0.333. The van der Waals surface area contributed by atoms with Gasteiger partial charge in [0, 0.05) is 5.56 Å². The van der Waals surface area contributed by atoms with Crippen LogP contribution in [0.1, 0.15) is 18.6 Å². The Labute approximate surface area is 97.5 Å². The number of halogens is 1. The van der Waals surface area contributed by atoms with Crippen LogP contribution >= 0.6 is 15.9 Å². The Kier molecular flexibility index (Phi) is 4.12. The van der Waals surface area contributed by atoms with Gasteiger partial charge in [-0.25, -0.2) is 8.42 Å². The highest BCUT2D eigenvalue weighted by Crippen LogP contribution is 2.23. The second-order valence-corrected chi connectivity index (χ2v) is 6.11. The molecular formula is C9H12BrNO3S. The summed E-state index contributed by atoms with van der Waals surface area (Å²) in [5.41, 5.74) is 0.967. The van der Waals surface area contributed by atoms with Crippen LogP contribution in [0.25, 0.3) is 0 Å². The molecule has 0 heterocycles. The van der Waals surface area contributed by atoms with Gasteiger partial charge in [-0.1, -0.05) is 34.1 Å². The molecule has 1 atom stereocenters. The van der Waals surface area contributed by atoms with Crippen molar-refractivity contribution in [3.05, 3.63) is 29.8 Å². The van der Waals surface area contributed by atoms with Gasteiger partial charge in [-0.05, 0) is 13.0 Å².